The van der Waals surface area contributed by atoms with Crippen molar-refractivity contribution in [1.29, 1.82) is 0 Å². The number of imidazole rings is 1. The van der Waals surface area contributed by atoms with Crippen LogP contribution in [0, 0.1) is 0 Å². The van der Waals surface area contributed by atoms with Gasteiger partial charge in [0.25, 0.3) is 0 Å². The smallest absolute Gasteiger partial charge is 0.383 e. The zero-order valence-electron chi connectivity index (χ0n) is 7.94. The van der Waals surface area contributed by atoms with E-state index in [9.17, 15) is 13.2 Å². The lowest BCUT2D eigenvalue weighted by Gasteiger charge is -2.10. The third kappa shape index (κ3) is 1.83. The highest BCUT2D eigenvalue weighted by molar-refractivity contribution is 5.47. The van der Waals surface area contributed by atoms with Crippen LogP contribution >= 0.6 is 0 Å². The zero-order chi connectivity index (χ0) is 11.8. The van der Waals surface area contributed by atoms with Crippen molar-refractivity contribution < 1.29 is 13.2 Å². The van der Waals surface area contributed by atoms with Crippen molar-refractivity contribution in [2.75, 3.05) is 5.73 Å². The molecular formula is C9H7F3N4. The third-order valence-electron chi connectivity index (χ3n) is 2.01. The molecular weight excluding hydrogens is 221 g/mol. The Morgan fingerprint density at radius 3 is 2.62 bits per heavy atom. The summed E-state index contributed by atoms with van der Waals surface area (Å²) < 4.78 is 39.0. The van der Waals surface area contributed by atoms with Crippen molar-refractivity contribution in [3.05, 3.63) is 36.5 Å². The quantitative estimate of drug-likeness (QED) is 0.810. The van der Waals surface area contributed by atoms with Gasteiger partial charge in [0.1, 0.15) is 5.82 Å². The first-order valence-electron chi connectivity index (χ1n) is 4.29. The van der Waals surface area contributed by atoms with Crippen LogP contribution in [0.1, 0.15) is 5.56 Å². The minimum atomic E-state index is -4.51. The number of alkyl halides is 3. The Morgan fingerprint density at radius 1 is 1.31 bits per heavy atom. The van der Waals surface area contributed by atoms with Gasteiger partial charge in [-0.3, -0.25) is 0 Å². The van der Waals surface area contributed by atoms with Crippen LogP contribution in [0.15, 0.2) is 31.0 Å². The molecule has 0 radical (unpaired) electrons. The Morgan fingerprint density at radius 2 is 2.06 bits per heavy atom. The van der Waals surface area contributed by atoms with Crippen LogP contribution in [0.25, 0.3) is 5.69 Å². The van der Waals surface area contributed by atoms with Crippen LogP contribution in [0.3, 0.4) is 0 Å². The highest BCUT2D eigenvalue weighted by Crippen LogP contribution is 2.33. The van der Waals surface area contributed by atoms with Crippen molar-refractivity contribution in [1.82, 2.24) is 14.5 Å². The molecule has 0 saturated heterocycles. The number of nitrogen functional groups attached to an aromatic ring is 1. The lowest BCUT2D eigenvalue weighted by Crippen LogP contribution is -2.11. The third-order valence-corrected chi connectivity index (χ3v) is 2.01. The Bertz CT molecular complexity index is 490. The lowest BCUT2D eigenvalue weighted by atomic mass is 10.2. The summed E-state index contributed by atoms with van der Waals surface area (Å²) in [6, 6.07) is 0.935. The minimum Gasteiger partial charge on any atom is -0.383 e. The van der Waals surface area contributed by atoms with Gasteiger partial charge in [-0.2, -0.15) is 13.2 Å². The first-order chi connectivity index (χ1) is 7.48. The van der Waals surface area contributed by atoms with Crippen molar-refractivity contribution in [2.24, 2.45) is 0 Å². The molecule has 2 aromatic rings. The predicted octanol–water partition coefficient (Wildman–Crippen LogP) is 1.87. The van der Waals surface area contributed by atoms with E-state index in [1.54, 1.807) is 0 Å². The van der Waals surface area contributed by atoms with Crippen molar-refractivity contribution in [3.63, 3.8) is 0 Å². The summed E-state index contributed by atoms with van der Waals surface area (Å²) >= 11 is 0. The lowest BCUT2D eigenvalue weighted by molar-refractivity contribution is -0.137. The largest absolute Gasteiger partial charge is 0.420 e. The van der Waals surface area contributed by atoms with Gasteiger partial charge in [-0.1, -0.05) is 0 Å². The van der Waals surface area contributed by atoms with E-state index >= 15 is 0 Å². The van der Waals surface area contributed by atoms with Crippen LogP contribution in [0.2, 0.25) is 0 Å². The van der Waals surface area contributed by atoms with E-state index < -0.39 is 17.6 Å². The van der Waals surface area contributed by atoms with E-state index in [0.717, 1.165) is 6.07 Å². The molecule has 0 bridgehead atoms. The number of anilines is 1. The molecule has 0 aliphatic heterocycles. The summed E-state index contributed by atoms with van der Waals surface area (Å²) in [6.07, 6.45) is 1.12. The average Bonchev–Trinajstić information content (AvgIpc) is 2.69. The summed E-state index contributed by atoms with van der Waals surface area (Å²) in [5.74, 6) is -0.531. The molecule has 7 heteroatoms. The van der Waals surface area contributed by atoms with Crippen LogP contribution in [0.4, 0.5) is 19.0 Å². The number of aromatic nitrogens is 3. The number of pyridine rings is 1. The van der Waals surface area contributed by atoms with Crippen molar-refractivity contribution >= 4 is 5.82 Å². The molecule has 0 amide bonds. The molecule has 0 atom stereocenters. The summed E-state index contributed by atoms with van der Waals surface area (Å²) in [5, 5.41) is 0. The molecule has 0 aromatic carbocycles. The van der Waals surface area contributed by atoms with Crippen molar-refractivity contribution in [3.8, 4) is 5.69 Å². The molecule has 16 heavy (non-hydrogen) atoms. The molecule has 2 aromatic heterocycles. The van der Waals surface area contributed by atoms with Gasteiger partial charge in [0.05, 0.1) is 23.8 Å². The molecule has 2 heterocycles. The van der Waals surface area contributed by atoms with Crippen LogP contribution in [-0.2, 0) is 6.18 Å². The number of nitrogens with zero attached hydrogens (tertiary/aromatic N) is 3. The second-order valence-corrected chi connectivity index (χ2v) is 3.09. The summed E-state index contributed by atoms with van der Waals surface area (Å²) in [4.78, 5) is 7.25. The van der Waals surface area contributed by atoms with E-state index in [0.29, 0.717) is 0 Å². The van der Waals surface area contributed by atoms with Gasteiger partial charge < -0.3 is 10.3 Å². The monoisotopic (exact) mass is 228 g/mol. The van der Waals surface area contributed by atoms with Gasteiger partial charge in [0.2, 0.25) is 0 Å². The van der Waals surface area contributed by atoms with Crippen molar-refractivity contribution in [2.45, 2.75) is 6.18 Å². The number of halogens is 3. The topological polar surface area (TPSA) is 56.7 Å². The predicted molar refractivity (Wildman–Crippen MR) is 50.8 cm³/mol. The number of hydrogen-bond donors (Lipinski definition) is 1. The number of rotatable bonds is 1. The normalized spacial score (nSPS) is 11.7. The van der Waals surface area contributed by atoms with Crippen LogP contribution < -0.4 is 5.73 Å². The van der Waals surface area contributed by atoms with E-state index in [1.165, 1.54) is 29.5 Å². The first kappa shape index (κ1) is 10.5. The first-order valence-corrected chi connectivity index (χ1v) is 4.29. The molecule has 0 aliphatic carbocycles. The molecule has 0 fully saturated rings. The average molecular weight is 228 g/mol. The maximum absolute atomic E-state index is 12.5. The second kappa shape index (κ2) is 3.51. The summed E-state index contributed by atoms with van der Waals surface area (Å²) in [5.41, 5.74) is 4.49. The fourth-order valence-electron chi connectivity index (χ4n) is 1.24. The van der Waals surface area contributed by atoms with E-state index in [4.69, 9.17) is 5.73 Å². The van der Waals surface area contributed by atoms with Gasteiger partial charge in [-0.15, -0.1) is 0 Å². The Hall–Kier alpha value is -2.05. The fraction of sp³-hybridized carbons (Fsp3) is 0.111. The molecule has 0 aliphatic rings. The second-order valence-electron chi connectivity index (χ2n) is 3.09. The van der Waals surface area contributed by atoms with E-state index in [1.807, 2.05) is 0 Å². The van der Waals surface area contributed by atoms with E-state index in [-0.39, 0.29) is 5.69 Å². The highest BCUT2D eigenvalue weighted by atomic mass is 19.4. The molecule has 2 N–H and O–H groups in total. The van der Waals surface area contributed by atoms with Gasteiger partial charge in [0.15, 0.2) is 0 Å². The van der Waals surface area contributed by atoms with Gasteiger partial charge in [-0.25, -0.2) is 9.97 Å². The summed E-state index contributed by atoms with van der Waals surface area (Å²) in [6.45, 7) is 0. The molecule has 84 valence electrons. The fourth-order valence-corrected chi connectivity index (χ4v) is 1.24. The van der Waals surface area contributed by atoms with Gasteiger partial charge in [-0.05, 0) is 6.07 Å². The molecule has 2 rings (SSSR count). The molecule has 4 nitrogen and oxygen atoms in total. The van der Waals surface area contributed by atoms with Gasteiger partial charge >= 0.3 is 6.18 Å². The minimum absolute atomic E-state index is 0.263. The number of nitrogens with two attached hydrogens (primary N) is 1. The Balaban J connectivity index is 2.52. The SMILES string of the molecule is Nc1ncc(-n2ccnc2)cc1C(F)(F)F. The van der Waals surface area contributed by atoms with Crippen LogP contribution in [0.5, 0.6) is 0 Å². The Kier molecular flexibility index (Phi) is 2.30. The van der Waals surface area contributed by atoms with E-state index in [2.05, 4.69) is 9.97 Å². The maximum Gasteiger partial charge on any atom is 0.420 e. The molecule has 0 saturated carbocycles. The standard InChI is InChI=1S/C9H7F3N4/c10-9(11,12)7-3-6(4-15-8(7)13)16-2-1-14-5-16/h1-5H,(H2,13,15). The molecule has 0 unspecified atom stereocenters. The van der Waals surface area contributed by atoms with Crippen LogP contribution in [-0.4, -0.2) is 14.5 Å². The molecule has 0 spiro atoms. The Labute approximate surface area is 88.5 Å². The maximum atomic E-state index is 12.5. The highest BCUT2D eigenvalue weighted by Gasteiger charge is 2.34. The summed E-state index contributed by atoms with van der Waals surface area (Å²) in [7, 11) is 0. The van der Waals surface area contributed by atoms with Gasteiger partial charge in [0, 0.05) is 12.4 Å². The zero-order valence-corrected chi connectivity index (χ0v) is 7.94. The number of hydrogen-bond acceptors (Lipinski definition) is 3.